The van der Waals surface area contributed by atoms with Crippen molar-refractivity contribution < 1.29 is 28.9 Å². The zero-order valence-corrected chi connectivity index (χ0v) is 20.9. The number of hydrogen-bond donors (Lipinski definition) is 1. The maximum atomic E-state index is 13.4. The van der Waals surface area contributed by atoms with Crippen LogP contribution in [0, 0.1) is 5.92 Å². The molecule has 0 unspecified atom stereocenters. The number of hydrogen-bond acceptors (Lipinski definition) is 6. The van der Waals surface area contributed by atoms with E-state index in [1.54, 1.807) is 7.11 Å². The van der Waals surface area contributed by atoms with Gasteiger partial charge in [-0.05, 0) is 48.2 Å². The van der Waals surface area contributed by atoms with Crippen molar-refractivity contribution in [2.45, 2.75) is 50.1 Å². The Labute approximate surface area is 211 Å². The van der Waals surface area contributed by atoms with Gasteiger partial charge in [0.15, 0.2) is 11.5 Å². The number of fused-ring (bicyclic) bond motifs is 1. The van der Waals surface area contributed by atoms with Gasteiger partial charge in [-0.15, -0.1) is 0 Å². The number of rotatable bonds is 7. The van der Waals surface area contributed by atoms with Crippen LogP contribution in [-0.2, 0) is 9.59 Å². The van der Waals surface area contributed by atoms with Crippen LogP contribution in [0.1, 0.15) is 55.2 Å². The minimum atomic E-state index is -0.880. The fraction of sp³-hybridized carbons (Fsp3) is 0.500. The minimum Gasteiger partial charge on any atom is -0.497 e. The standard InChI is InChI=1S/C28H34N2O6/c1-29(20-6-4-3-5-7-20)25(31)16-30-15-22(19-10-13-23-24(14-19)36-17-35-23)26(28(32)33)27(30)18-8-11-21(34-2)12-9-18/h8-14,20,22,26-27H,3-7,15-17H2,1-2H3,(H,32,33)/t22-,26+,27-/m1/s1. The van der Waals surface area contributed by atoms with Gasteiger partial charge in [0.25, 0.3) is 0 Å². The molecular formula is C28H34N2O6. The topological polar surface area (TPSA) is 88.5 Å². The van der Waals surface area contributed by atoms with Gasteiger partial charge in [0.05, 0.1) is 19.6 Å². The van der Waals surface area contributed by atoms with Crippen LogP contribution in [0.3, 0.4) is 0 Å². The third kappa shape index (κ3) is 4.74. The number of amides is 1. The van der Waals surface area contributed by atoms with Crippen molar-refractivity contribution in [2.24, 2.45) is 5.92 Å². The van der Waals surface area contributed by atoms with E-state index in [0.717, 1.165) is 36.8 Å². The number of carbonyl (C=O) groups is 2. The SMILES string of the molecule is COc1ccc([C@@H]2[C@@H](C(=O)O)[C@@H](c3ccc4c(c3)OCO4)CN2CC(=O)N(C)C2CCCCC2)cc1. The van der Waals surface area contributed by atoms with Crippen LogP contribution in [0.5, 0.6) is 17.2 Å². The molecule has 5 rings (SSSR count). The van der Waals surface area contributed by atoms with Crippen LogP contribution in [0.4, 0.5) is 0 Å². The fourth-order valence-electron chi connectivity index (χ4n) is 6.03. The van der Waals surface area contributed by atoms with Crippen molar-refractivity contribution in [3.63, 3.8) is 0 Å². The molecule has 8 heteroatoms. The Bertz CT molecular complexity index is 1100. The van der Waals surface area contributed by atoms with Crippen molar-refractivity contribution in [1.29, 1.82) is 0 Å². The molecule has 1 saturated heterocycles. The van der Waals surface area contributed by atoms with Crippen molar-refractivity contribution >= 4 is 11.9 Å². The quantitative estimate of drug-likeness (QED) is 0.621. The Kier molecular flexibility index (Phi) is 7.05. The van der Waals surface area contributed by atoms with Gasteiger partial charge in [0.2, 0.25) is 12.7 Å². The molecule has 0 spiro atoms. The van der Waals surface area contributed by atoms with Gasteiger partial charge < -0.3 is 24.2 Å². The number of carboxylic acids is 1. The molecular weight excluding hydrogens is 460 g/mol. The van der Waals surface area contributed by atoms with E-state index in [4.69, 9.17) is 14.2 Å². The van der Waals surface area contributed by atoms with Gasteiger partial charge in [-0.2, -0.15) is 0 Å². The molecule has 36 heavy (non-hydrogen) atoms. The van der Waals surface area contributed by atoms with Crippen molar-refractivity contribution in [3.8, 4) is 17.2 Å². The second-order valence-corrected chi connectivity index (χ2v) is 10.0. The Morgan fingerprint density at radius 1 is 1.03 bits per heavy atom. The normalized spacial score (nSPS) is 24.0. The molecule has 2 aromatic rings. The summed E-state index contributed by atoms with van der Waals surface area (Å²) < 4.78 is 16.3. The van der Waals surface area contributed by atoms with E-state index < -0.39 is 17.9 Å². The van der Waals surface area contributed by atoms with E-state index in [9.17, 15) is 14.7 Å². The monoisotopic (exact) mass is 494 g/mol. The molecule has 1 amide bonds. The molecule has 0 bridgehead atoms. The highest BCUT2D eigenvalue weighted by molar-refractivity contribution is 5.79. The summed E-state index contributed by atoms with van der Waals surface area (Å²) in [5.41, 5.74) is 1.74. The van der Waals surface area contributed by atoms with Crippen LogP contribution >= 0.6 is 0 Å². The number of ether oxygens (including phenoxy) is 3. The Hall–Kier alpha value is -3.26. The zero-order valence-electron chi connectivity index (χ0n) is 20.9. The number of likely N-dealkylation sites (N-methyl/N-ethyl adjacent to an activating group) is 1. The van der Waals surface area contributed by atoms with Crippen LogP contribution in [0.2, 0.25) is 0 Å². The fourth-order valence-corrected chi connectivity index (χ4v) is 6.03. The number of methoxy groups -OCH3 is 1. The third-order valence-corrected chi connectivity index (χ3v) is 8.02. The molecule has 0 radical (unpaired) electrons. The molecule has 3 aliphatic rings. The Morgan fingerprint density at radius 3 is 2.42 bits per heavy atom. The average molecular weight is 495 g/mol. The first-order valence-corrected chi connectivity index (χ1v) is 12.7. The van der Waals surface area contributed by atoms with Crippen molar-refractivity contribution in [2.75, 3.05) is 34.0 Å². The lowest BCUT2D eigenvalue weighted by Gasteiger charge is -2.34. The molecule has 3 atom stereocenters. The molecule has 2 heterocycles. The molecule has 2 fully saturated rings. The highest BCUT2D eigenvalue weighted by Crippen LogP contribution is 2.47. The third-order valence-electron chi connectivity index (χ3n) is 8.02. The van der Waals surface area contributed by atoms with Crippen LogP contribution in [0.25, 0.3) is 0 Å². The lowest BCUT2D eigenvalue weighted by molar-refractivity contribution is -0.144. The lowest BCUT2D eigenvalue weighted by atomic mass is 9.82. The number of benzene rings is 2. The summed E-state index contributed by atoms with van der Waals surface area (Å²) >= 11 is 0. The predicted molar refractivity (Wildman–Crippen MR) is 133 cm³/mol. The minimum absolute atomic E-state index is 0.0379. The van der Waals surface area contributed by atoms with Crippen LogP contribution in [-0.4, -0.2) is 66.9 Å². The van der Waals surface area contributed by atoms with Crippen molar-refractivity contribution in [1.82, 2.24) is 9.80 Å². The van der Waals surface area contributed by atoms with E-state index in [-0.39, 0.29) is 31.2 Å². The van der Waals surface area contributed by atoms with Gasteiger partial charge in [-0.3, -0.25) is 14.5 Å². The summed E-state index contributed by atoms with van der Waals surface area (Å²) in [4.78, 5) is 30.1. The molecule has 1 aliphatic carbocycles. The second kappa shape index (κ2) is 10.4. The molecule has 0 aromatic heterocycles. The largest absolute Gasteiger partial charge is 0.497 e. The lowest BCUT2D eigenvalue weighted by Crippen LogP contribution is -2.44. The molecule has 1 N–H and O–H groups in total. The summed E-state index contributed by atoms with van der Waals surface area (Å²) in [5.74, 6) is 0.115. The highest BCUT2D eigenvalue weighted by atomic mass is 16.7. The maximum absolute atomic E-state index is 13.4. The highest BCUT2D eigenvalue weighted by Gasteiger charge is 2.48. The van der Waals surface area contributed by atoms with E-state index in [1.165, 1.54) is 6.42 Å². The molecule has 2 aromatic carbocycles. The van der Waals surface area contributed by atoms with E-state index in [2.05, 4.69) is 0 Å². The summed E-state index contributed by atoms with van der Waals surface area (Å²) in [6, 6.07) is 12.9. The van der Waals surface area contributed by atoms with E-state index >= 15 is 0 Å². The van der Waals surface area contributed by atoms with E-state index in [0.29, 0.717) is 23.8 Å². The van der Waals surface area contributed by atoms with E-state index in [1.807, 2.05) is 59.3 Å². The molecule has 2 aliphatic heterocycles. The summed E-state index contributed by atoms with van der Waals surface area (Å²) in [5, 5.41) is 10.4. The molecule has 8 nitrogen and oxygen atoms in total. The van der Waals surface area contributed by atoms with Gasteiger partial charge in [-0.1, -0.05) is 37.5 Å². The number of aliphatic carboxylic acids is 1. The first kappa shape index (κ1) is 24.4. The van der Waals surface area contributed by atoms with Crippen LogP contribution < -0.4 is 14.2 Å². The second-order valence-electron chi connectivity index (χ2n) is 10.0. The number of carbonyl (C=O) groups excluding carboxylic acids is 1. The predicted octanol–water partition coefficient (Wildman–Crippen LogP) is 4.06. The average Bonchev–Trinajstić information content (AvgIpc) is 3.53. The molecule has 1 saturated carbocycles. The molecule has 192 valence electrons. The Morgan fingerprint density at radius 2 is 1.72 bits per heavy atom. The Balaban J connectivity index is 1.46. The van der Waals surface area contributed by atoms with Gasteiger partial charge in [-0.25, -0.2) is 0 Å². The van der Waals surface area contributed by atoms with Gasteiger partial charge in [0, 0.05) is 31.6 Å². The number of carboxylic acid groups (broad SMARTS) is 1. The summed E-state index contributed by atoms with van der Waals surface area (Å²) in [6.07, 6.45) is 5.58. The van der Waals surface area contributed by atoms with Gasteiger partial charge >= 0.3 is 5.97 Å². The van der Waals surface area contributed by atoms with Crippen LogP contribution in [0.15, 0.2) is 42.5 Å². The smallest absolute Gasteiger partial charge is 0.309 e. The zero-order chi connectivity index (χ0) is 25.2. The summed E-state index contributed by atoms with van der Waals surface area (Å²) in [6.45, 7) is 0.792. The first-order chi connectivity index (χ1) is 17.5. The summed E-state index contributed by atoms with van der Waals surface area (Å²) in [7, 11) is 3.49. The van der Waals surface area contributed by atoms with Gasteiger partial charge in [0.1, 0.15) is 5.75 Å². The number of nitrogens with zero attached hydrogens (tertiary/aromatic N) is 2. The number of likely N-dealkylation sites (tertiary alicyclic amines) is 1. The first-order valence-electron chi connectivity index (χ1n) is 12.7. The maximum Gasteiger partial charge on any atom is 0.309 e. The van der Waals surface area contributed by atoms with Crippen molar-refractivity contribution in [3.05, 3.63) is 53.6 Å².